The van der Waals surface area contributed by atoms with Crippen LogP contribution in [0.25, 0.3) is 43.7 Å². The fraction of sp³-hybridized carbons (Fsp3) is 0.0488. The Hall–Kier alpha value is -6.45. The van der Waals surface area contributed by atoms with Crippen molar-refractivity contribution in [2.75, 3.05) is 4.90 Å². The Morgan fingerprint density at radius 2 is 1.16 bits per heavy atom. The smallest absolute Gasteiger partial charge is 0.298 e. The molecule has 0 saturated carbocycles. The molecule has 7 rings (SSSR count). The number of benzene rings is 3. The molecule has 0 aliphatic heterocycles. The lowest BCUT2D eigenvalue weighted by molar-refractivity contribution is -0.121. The van der Waals surface area contributed by atoms with Gasteiger partial charge in [0.2, 0.25) is 0 Å². The van der Waals surface area contributed by atoms with Crippen LogP contribution in [0.4, 0.5) is 17.1 Å². The number of pyridine rings is 3. The van der Waals surface area contributed by atoms with Crippen molar-refractivity contribution in [2.24, 2.45) is 0 Å². The maximum absolute atomic E-state index is 11.3. The third-order valence-electron chi connectivity index (χ3n) is 8.15. The SMILES string of the molecule is Cc1cc(N(c2ccccc2)c2ccccc2)c(C)cc1-c1ccc(-c2ccnc(-c3cc(OC=O)cc(-c4cc(OC=O)ccn4)n3)c2)s1. The molecule has 0 spiro atoms. The topological polar surface area (TPSA) is 94.5 Å². The normalized spacial score (nSPS) is 10.8. The van der Waals surface area contributed by atoms with Crippen molar-refractivity contribution in [1.29, 1.82) is 0 Å². The van der Waals surface area contributed by atoms with E-state index in [0.717, 1.165) is 37.9 Å². The van der Waals surface area contributed by atoms with Crippen molar-refractivity contribution in [3.05, 3.63) is 145 Å². The van der Waals surface area contributed by atoms with Crippen molar-refractivity contribution in [1.82, 2.24) is 15.0 Å². The molecule has 0 atom stereocenters. The minimum atomic E-state index is 0.279. The lowest BCUT2D eigenvalue weighted by atomic mass is 10.0. The summed E-state index contributed by atoms with van der Waals surface area (Å²) in [5, 5.41) is 0. The predicted molar refractivity (Wildman–Crippen MR) is 197 cm³/mol. The zero-order valence-corrected chi connectivity index (χ0v) is 28.0. The van der Waals surface area contributed by atoms with Crippen LogP contribution >= 0.6 is 11.3 Å². The van der Waals surface area contributed by atoms with Gasteiger partial charge >= 0.3 is 0 Å². The molecule has 0 radical (unpaired) electrons. The number of para-hydroxylation sites is 2. The molecule has 7 aromatic rings. The molecule has 4 heterocycles. The third-order valence-corrected chi connectivity index (χ3v) is 9.32. The van der Waals surface area contributed by atoms with Gasteiger partial charge in [0.15, 0.2) is 0 Å². The number of aromatic nitrogens is 3. The molecule has 50 heavy (non-hydrogen) atoms. The van der Waals surface area contributed by atoms with Gasteiger partial charge in [0.05, 0.1) is 22.8 Å². The van der Waals surface area contributed by atoms with Gasteiger partial charge in [-0.2, -0.15) is 0 Å². The van der Waals surface area contributed by atoms with Crippen LogP contribution in [0.15, 0.2) is 134 Å². The number of hydrogen-bond donors (Lipinski definition) is 0. The van der Waals surface area contributed by atoms with E-state index in [9.17, 15) is 9.59 Å². The van der Waals surface area contributed by atoms with Gasteiger partial charge in [-0.3, -0.25) is 19.6 Å². The Morgan fingerprint density at radius 1 is 0.580 bits per heavy atom. The van der Waals surface area contributed by atoms with Crippen LogP contribution < -0.4 is 14.4 Å². The lowest BCUT2D eigenvalue weighted by Gasteiger charge is -2.28. The second-order valence-corrected chi connectivity index (χ2v) is 12.5. The first-order chi connectivity index (χ1) is 24.5. The number of carbonyl (C=O) groups excluding carboxylic acids is 2. The minimum Gasteiger partial charge on any atom is -0.429 e. The van der Waals surface area contributed by atoms with E-state index in [-0.39, 0.29) is 5.75 Å². The number of carbonyl (C=O) groups is 2. The van der Waals surface area contributed by atoms with Crippen molar-refractivity contribution >= 4 is 41.3 Å². The number of aryl methyl sites for hydroxylation is 2. The number of ether oxygens (including phenoxy) is 2. The second kappa shape index (κ2) is 14.3. The summed E-state index contributed by atoms with van der Waals surface area (Å²) in [6, 6.07) is 40.0. The summed E-state index contributed by atoms with van der Waals surface area (Å²) in [6.45, 7) is 5.02. The maximum Gasteiger partial charge on any atom is 0.298 e. The molecule has 0 bridgehead atoms. The summed E-state index contributed by atoms with van der Waals surface area (Å²) >= 11 is 1.71. The largest absolute Gasteiger partial charge is 0.429 e. The molecule has 0 unspecified atom stereocenters. The highest BCUT2D eigenvalue weighted by molar-refractivity contribution is 7.18. The van der Waals surface area contributed by atoms with E-state index < -0.39 is 0 Å². The van der Waals surface area contributed by atoms with Crippen molar-refractivity contribution < 1.29 is 19.1 Å². The van der Waals surface area contributed by atoms with E-state index >= 15 is 0 Å². The summed E-state index contributed by atoms with van der Waals surface area (Å²) in [6.07, 6.45) is 3.25. The van der Waals surface area contributed by atoms with Crippen LogP contribution in [-0.4, -0.2) is 27.9 Å². The monoisotopic (exact) mass is 674 g/mol. The molecule has 8 nitrogen and oxygen atoms in total. The predicted octanol–water partition coefficient (Wildman–Crippen LogP) is 9.76. The van der Waals surface area contributed by atoms with E-state index in [2.05, 4.69) is 102 Å². The lowest BCUT2D eigenvalue weighted by Crippen LogP contribution is -2.11. The number of thiophene rings is 1. The van der Waals surface area contributed by atoms with Crippen LogP contribution in [-0.2, 0) is 9.59 Å². The van der Waals surface area contributed by atoms with Gasteiger partial charge < -0.3 is 14.4 Å². The Balaban J connectivity index is 1.22. The Labute approximate surface area is 293 Å². The summed E-state index contributed by atoms with van der Waals surface area (Å²) < 4.78 is 10.2. The second-order valence-electron chi connectivity index (χ2n) is 11.4. The first kappa shape index (κ1) is 32.1. The quantitative estimate of drug-likeness (QED) is 0.125. The van der Waals surface area contributed by atoms with Gasteiger partial charge in [0.25, 0.3) is 12.9 Å². The summed E-state index contributed by atoms with van der Waals surface area (Å²) in [7, 11) is 0. The first-order valence-corrected chi connectivity index (χ1v) is 16.6. The van der Waals surface area contributed by atoms with Crippen molar-refractivity contribution in [3.8, 4) is 55.2 Å². The molecular formula is C41H30N4O4S. The molecular weight excluding hydrogens is 645 g/mol. The standard InChI is InChI=1S/C41H30N4O4S/c1-27-20-39(45(30-9-5-3-6-10-30)31-11-7-4-8-12-31)28(2)19-34(27)41-14-13-40(50-41)29-15-17-42-35(21-29)37-23-33(49-26-47)24-38(44-37)36-22-32(48-25-46)16-18-43-36/h3-26H,1-2H3. The fourth-order valence-corrected chi connectivity index (χ4v) is 6.91. The third kappa shape index (κ3) is 6.76. The summed E-state index contributed by atoms with van der Waals surface area (Å²) in [5.74, 6) is 0.593. The van der Waals surface area contributed by atoms with Gasteiger partial charge in [-0.25, -0.2) is 4.98 Å². The Morgan fingerprint density at radius 3 is 1.82 bits per heavy atom. The van der Waals surface area contributed by atoms with E-state index in [1.807, 2.05) is 24.3 Å². The van der Waals surface area contributed by atoms with Crippen molar-refractivity contribution in [2.45, 2.75) is 13.8 Å². The van der Waals surface area contributed by atoms with E-state index in [1.165, 1.54) is 17.3 Å². The number of hydrogen-bond acceptors (Lipinski definition) is 9. The van der Waals surface area contributed by atoms with Crippen LogP contribution in [0, 0.1) is 13.8 Å². The Kier molecular flexibility index (Phi) is 9.22. The van der Waals surface area contributed by atoms with Crippen molar-refractivity contribution in [3.63, 3.8) is 0 Å². The fourth-order valence-electron chi connectivity index (χ4n) is 5.82. The van der Waals surface area contributed by atoms with Gasteiger partial charge in [-0.15, -0.1) is 11.3 Å². The Bertz CT molecular complexity index is 2270. The number of rotatable bonds is 11. The molecule has 9 heteroatoms. The first-order valence-electron chi connectivity index (χ1n) is 15.8. The maximum atomic E-state index is 11.3. The average molecular weight is 675 g/mol. The molecule has 4 aromatic heterocycles. The van der Waals surface area contributed by atoms with Crippen LogP contribution in [0.5, 0.6) is 11.5 Å². The van der Waals surface area contributed by atoms with Gasteiger partial charge in [0, 0.05) is 57.4 Å². The van der Waals surface area contributed by atoms with Gasteiger partial charge in [-0.1, -0.05) is 36.4 Å². The summed E-state index contributed by atoms with van der Waals surface area (Å²) in [4.78, 5) is 40.4. The minimum absolute atomic E-state index is 0.279. The van der Waals surface area contributed by atoms with Crippen LogP contribution in [0.3, 0.4) is 0 Å². The van der Waals surface area contributed by atoms with E-state index in [1.54, 1.807) is 41.8 Å². The molecule has 0 saturated heterocycles. The van der Waals surface area contributed by atoms with E-state index in [4.69, 9.17) is 14.5 Å². The molecule has 0 aliphatic rings. The van der Waals surface area contributed by atoms with Gasteiger partial charge in [0.1, 0.15) is 11.5 Å². The zero-order chi connectivity index (χ0) is 34.5. The summed E-state index contributed by atoms with van der Waals surface area (Å²) in [5.41, 5.74) is 9.76. The van der Waals surface area contributed by atoms with Crippen LogP contribution in [0.1, 0.15) is 11.1 Å². The molecule has 3 aromatic carbocycles. The molecule has 244 valence electrons. The van der Waals surface area contributed by atoms with Crippen LogP contribution in [0.2, 0.25) is 0 Å². The average Bonchev–Trinajstić information content (AvgIpc) is 3.65. The number of nitrogens with zero attached hydrogens (tertiary/aromatic N) is 4. The highest BCUT2D eigenvalue weighted by Gasteiger charge is 2.18. The molecule has 0 amide bonds. The highest BCUT2D eigenvalue weighted by atomic mass is 32.1. The van der Waals surface area contributed by atoms with E-state index in [0.29, 0.717) is 41.5 Å². The molecule has 0 fully saturated rings. The number of anilines is 3. The molecule has 0 N–H and O–H groups in total. The molecule has 0 aliphatic carbocycles. The van der Waals surface area contributed by atoms with Gasteiger partial charge in [-0.05, 0) is 103 Å². The highest BCUT2D eigenvalue weighted by Crippen LogP contribution is 2.42. The zero-order valence-electron chi connectivity index (χ0n) is 27.2.